The van der Waals surface area contributed by atoms with Crippen molar-refractivity contribution in [3.63, 3.8) is 0 Å². The third kappa shape index (κ3) is 4.44. The number of sulfonamides is 1. The molecule has 2 aromatic rings. The van der Waals surface area contributed by atoms with Crippen LogP contribution in [0.15, 0.2) is 47.4 Å². The molecular formula is C17H19ClF2N2O3S. The summed E-state index contributed by atoms with van der Waals surface area (Å²) in [6, 6.07) is 10.3. The number of fused-ring (bicyclic) bond motifs is 1. The van der Waals surface area contributed by atoms with Gasteiger partial charge in [0.1, 0.15) is 10.6 Å². The van der Waals surface area contributed by atoms with Gasteiger partial charge in [0.2, 0.25) is 10.0 Å². The predicted octanol–water partition coefficient (Wildman–Crippen LogP) is 3.65. The monoisotopic (exact) mass is 404 g/mol. The number of nitrogen functional groups attached to an aromatic ring is 1. The van der Waals surface area contributed by atoms with Crippen molar-refractivity contribution in [3.8, 4) is 5.75 Å². The van der Waals surface area contributed by atoms with Crippen LogP contribution in [0.5, 0.6) is 5.75 Å². The number of para-hydroxylation sites is 1. The maximum absolute atomic E-state index is 12.7. The van der Waals surface area contributed by atoms with Gasteiger partial charge in [0.15, 0.2) is 0 Å². The van der Waals surface area contributed by atoms with Crippen molar-refractivity contribution < 1.29 is 21.9 Å². The molecule has 0 heterocycles. The third-order valence-corrected chi connectivity index (χ3v) is 5.64. The summed E-state index contributed by atoms with van der Waals surface area (Å²) in [7, 11) is -4.03. The lowest BCUT2D eigenvalue weighted by molar-refractivity contribution is -0.0517. The Morgan fingerprint density at radius 1 is 1.19 bits per heavy atom. The lowest BCUT2D eigenvalue weighted by Gasteiger charge is -2.26. The summed E-state index contributed by atoms with van der Waals surface area (Å²) in [4.78, 5) is -0.308. The van der Waals surface area contributed by atoms with Crippen LogP contribution in [0.25, 0.3) is 0 Å². The Labute approximate surface area is 157 Å². The van der Waals surface area contributed by atoms with E-state index < -0.39 is 22.7 Å². The molecule has 0 bridgehead atoms. The van der Waals surface area contributed by atoms with Crippen molar-refractivity contribution in [2.24, 2.45) is 0 Å². The van der Waals surface area contributed by atoms with E-state index in [1.807, 2.05) is 6.07 Å². The number of aryl methyl sites for hydroxylation is 1. The summed E-state index contributed by atoms with van der Waals surface area (Å²) in [6.07, 6.45) is 2.25. The van der Waals surface area contributed by atoms with Crippen LogP contribution >= 0.6 is 12.4 Å². The van der Waals surface area contributed by atoms with E-state index in [-0.39, 0.29) is 23.1 Å². The first-order valence-corrected chi connectivity index (χ1v) is 9.29. The number of hydrogen-bond donors (Lipinski definition) is 2. The van der Waals surface area contributed by atoms with Crippen LogP contribution < -0.4 is 15.2 Å². The van der Waals surface area contributed by atoms with Gasteiger partial charge in [0.25, 0.3) is 0 Å². The van der Waals surface area contributed by atoms with E-state index in [9.17, 15) is 17.2 Å². The summed E-state index contributed by atoms with van der Waals surface area (Å²) in [5.74, 6) is -0.377. The minimum absolute atomic E-state index is 0. The molecule has 1 unspecified atom stereocenters. The smallest absolute Gasteiger partial charge is 0.387 e. The quantitative estimate of drug-likeness (QED) is 0.745. The van der Waals surface area contributed by atoms with Crippen molar-refractivity contribution >= 4 is 28.1 Å². The molecular weight excluding hydrogens is 386 g/mol. The Morgan fingerprint density at radius 2 is 1.92 bits per heavy atom. The second-order valence-corrected chi connectivity index (χ2v) is 7.53. The highest BCUT2D eigenvalue weighted by atomic mass is 35.5. The first-order chi connectivity index (χ1) is 11.9. The Balaban J connectivity index is 0.00000243. The highest BCUT2D eigenvalue weighted by Gasteiger charge is 2.28. The molecule has 9 heteroatoms. The molecule has 142 valence electrons. The second-order valence-electron chi connectivity index (χ2n) is 5.85. The lowest BCUT2D eigenvalue weighted by Crippen LogP contribution is -2.31. The fraction of sp³-hybridized carbons (Fsp3) is 0.294. The van der Waals surface area contributed by atoms with Gasteiger partial charge in [0.05, 0.1) is 0 Å². The highest BCUT2D eigenvalue weighted by Crippen LogP contribution is 2.33. The second kappa shape index (κ2) is 8.20. The van der Waals surface area contributed by atoms with Crippen molar-refractivity contribution in [2.45, 2.75) is 36.8 Å². The number of hydrogen-bond acceptors (Lipinski definition) is 4. The first kappa shape index (κ1) is 20.4. The highest BCUT2D eigenvalue weighted by molar-refractivity contribution is 7.89. The SMILES string of the molecule is Cl.Nc1ccc2c(c1)CCCC2NS(=O)(=O)c1ccccc1OC(F)F. The fourth-order valence-corrected chi connectivity index (χ4v) is 4.46. The number of ether oxygens (including phenoxy) is 1. The van der Waals surface area contributed by atoms with Crippen LogP contribution in [0.2, 0.25) is 0 Å². The van der Waals surface area contributed by atoms with Crippen LogP contribution in [0.4, 0.5) is 14.5 Å². The van der Waals surface area contributed by atoms with Gasteiger partial charge in [-0.25, -0.2) is 13.1 Å². The maximum atomic E-state index is 12.7. The van der Waals surface area contributed by atoms with Gasteiger partial charge in [-0.3, -0.25) is 0 Å². The third-order valence-electron chi connectivity index (χ3n) is 4.13. The number of alkyl halides is 2. The van der Waals surface area contributed by atoms with E-state index in [0.29, 0.717) is 12.1 Å². The van der Waals surface area contributed by atoms with Crippen molar-refractivity contribution in [3.05, 3.63) is 53.6 Å². The normalized spacial score (nSPS) is 16.7. The molecule has 26 heavy (non-hydrogen) atoms. The van der Waals surface area contributed by atoms with E-state index in [1.165, 1.54) is 24.3 Å². The van der Waals surface area contributed by atoms with E-state index >= 15 is 0 Å². The van der Waals surface area contributed by atoms with Crippen molar-refractivity contribution in [2.75, 3.05) is 5.73 Å². The molecule has 0 amide bonds. The van der Waals surface area contributed by atoms with E-state index in [1.54, 1.807) is 12.1 Å². The van der Waals surface area contributed by atoms with Crippen LogP contribution in [0.3, 0.4) is 0 Å². The Hall–Kier alpha value is -1.90. The molecule has 0 radical (unpaired) electrons. The molecule has 0 aromatic heterocycles. The Bertz CT molecular complexity index is 878. The molecule has 0 saturated heterocycles. The molecule has 0 fully saturated rings. The van der Waals surface area contributed by atoms with Crippen LogP contribution in [0.1, 0.15) is 30.0 Å². The van der Waals surface area contributed by atoms with E-state index in [2.05, 4.69) is 9.46 Å². The molecule has 3 N–H and O–H groups in total. The van der Waals surface area contributed by atoms with Gasteiger partial charge in [-0.15, -0.1) is 12.4 Å². The summed E-state index contributed by atoms with van der Waals surface area (Å²) in [6.45, 7) is -3.10. The van der Waals surface area contributed by atoms with Crippen LogP contribution in [-0.2, 0) is 16.4 Å². The minimum Gasteiger partial charge on any atom is -0.433 e. The molecule has 1 aliphatic carbocycles. The van der Waals surface area contributed by atoms with Crippen molar-refractivity contribution in [1.29, 1.82) is 0 Å². The molecule has 0 spiro atoms. The number of halogens is 3. The summed E-state index contributed by atoms with van der Waals surface area (Å²) >= 11 is 0. The minimum atomic E-state index is -4.03. The van der Waals surface area contributed by atoms with Gasteiger partial charge < -0.3 is 10.5 Å². The number of nitrogens with two attached hydrogens (primary N) is 1. The molecule has 0 aliphatic heterocycles. The Morgan fingerprint density at radius 3 is 2.65 bits per heavy atom. The maximum Gasteiger partial charge on any atom is 0.387 e. The fourth-order valence-electron chi connectivity index (χ4n) is 3.07. The zero-order chi connectivity index (χ0) is 18.0. The van der Waals surface area contributed by atoms with Gasteiger partial charge in [-0.1, -0.05) is 18.2 Å². The van der Waals surface area contributed by atoms with Crippen LogP contribution in [0, 0.1) is 0 Å². The van der Waals surface area contributed by atoms with Crippen molar-refractivity contribution in [1.82, 2.24) is 4.72 Å². The number of rotatable bonds is 5. The zero-order valence-corrected chi connectivity index (χ0v) is 15.3. The van der Waals surface area contributed by atoms with Gasteiger partial charge in [0, 0.05) is 11.7 Å². The lowest BCUT2D eigenvalue weighted by atomic mass is 9.88. The molecule has 3 rings (SSSR count). The Kier molecular flexibility index (Phi) is 6.44. The molecule has 1 aliphatic rings. The number of nitrogens with one attached hydrogen (secondary N) is 1. The summed E-state index contributed by atoms with van der Waals surface area (Å²) in [5.41, 5.74) is 8.26. The van der Waals surface area contributed by atoms with Gasteiger partial charge >= 0.3 is 6.61 Å². The van der Waals surface area contributed by atoms with E-state index in [0.717, 1.165) is 24.0 Å². The predicted molar refractivity (Wildman–Crippen MR) is 97.2 cm³/mol. The molecule has 0 saturated carbocycles. The van der Waals surface area contributed by atoms with Gasteiger partial charge in [-0.2, -0.15) is 8.78 Å². The topological polar surface area (TPSA) is 81.4 Å². The number of benzene rings is 2. The van der Waals surface area contributed by atoms with Gasteiger partial charge in [-0.05, 0) is 54.7 Å². The molecule has 1 atom stereocenters. The first-order valence-electron chi connectivity index (χ1n) is 7.81. The molecule has 5 nitrogen and oxygen atoms in total. The summed E-state index contributed by atoms with van der Waals surface area (Å²) < 4.78 is 57.4. The average molecular weight is 405 g/mol. The van der Waals surface area contributed by atoms with E-state index in [4.69, 9.17) is 5.73 Å². The largest absolute Gasteiger partial charge is 0.433 e. The zero-order valence-electron chi connectivity index (χ0n) is 13.7. The summed E-state index contributed by atoms with van der Waals surface area (Å²) in [5, 5.41) is 0. The average Bonchev–Trinajstić information content (AvgIpc) is 2.54. The standard InChI is InChI=1S/C17H18F2N2O3S.ClH/c18-17(19)24-15-6-1-2-7-16(15)25(22,23)21-14-5-3-4-11-10-12(20)8-9-13(11)14;/h1-2,6-10,14,17,21H,3-5,20H2;1H. The number of anilines is 1. The molecule has 2 aromatic carbocycles. The van der Waals surface area contributed by atoms with Crippen LogP contribution in [-0.4, -0.2) is 15.0 Å².